The topological polar surface area (TPSA) is 83.0 Å². The van der Waals surface area contributed by atoms with E-state index in [0.717, 1.165) is 23.9 Å². The van der Waals surface area contributed by atoms with E-state index in [2.05, 4.69) is 4.98 Å². The van der Waals surface area contributed by atoms with Crippen LogP contribution in [0.25, 0.3) is 0 Å². The minimum absolute atomic E-state index is 0.00104. The molecule has 0 saturated heterocycles. The highest BCUT2D eigenvalue weighted by atomic mass is 32.2. The second-order valence-corrected chi connectivity index (χ2v) is 5.00. The molecule has 1 rings (SSSR count). The van der Waals surface area contributed by atoms with E-state index in [9.17, 15) is 13.2 Å². The van der Waals surface area contributed by atoms with E-state index in [0.29, 0.717) is 0 Å². The quantitative estimate of drug-likeness (QED) is 0.446. The fraction of sp³-hybridized carbons (Fsp3) is 0.400. The van der Waals surface area contributed by atoms with Gasteiger partial charge in [-0.25, -0.2) is 4.98 Å². The van der Waals surface area contributed by atoms with Crippen LogP contribution in [-0.4, -0.2) is 27.8 Å². The van der Waals surface area contributed by atoms with Crippen LogP contribution in [0, 0.1) is 5.41 Å². The molecule has 1 heterocycles. The second-order valence-electron chi connectivity index (χ2n) is 3.57. The van der Waals surface area contributed by atoms with Gasteiger partial charge in [-0.15, -0.1) is 11.8 Å². The minimum Gasteiger partial charge on any atom is -0.395 e. The van der Waals surface area contributed by atoms with Crippen molar-refractivity contribution in [3.05, 3.63) is 23.4 Å². The van der Waals surface area contributed by atoms with Crippen LogP contribution in [0.3, 0.4) is 0 Å². The number of hydrogen-bond acceptors (Lipinski definition) is 4. The molecular formula is C10H12F3N3OS. The number of nitrogens with one attached hydrogen (secondary N) is 1. The number of pyridine rings is 1. The maximum absolute atomic E-state index is 12.5. The zero-order valence-electron chi connectivity index (χ0n) is 9.45. The number of aliphatic hydroxyl groups is 1. The predicted molar refractivity (Wildman–Crippen MR) is 62.7 cm³/mol. The number of aromatic nitrogens is 1. The third kappa shape index (κ3) is 3.61. The van der Waals surface area contributed by atoms with Crippen molar-refractivity contribution in [2.24, 2.45) is 5.73 Å². The number of hydrogen-bond donors (Lipinski definition) is 3. The molecule has 0 bridgehead atoms. The van der Waals surface area contributed by atoms with Gasteiger partial charge >= 0.3 is 6.18 Å². The molecule has 0 saturated carbocycles. The molecule has 1 unspecified atom stereocenters. The summed E-state index contributed by atoms with van der Waals surface area (Å²) in [5, 5.41) is 15.8. The van der Waals surface area contributed by atoms with Crippen LogP contribution in [0.2, 0.25) is 0 Å². The lowest BCUT2D eigenvalue weighted by Gasteiger charge is -2.13. The summed E-state index contributed by atoms with van der Waals surface area (Å²) in [5.41, 5.74) is 4.37. The normalized spacial score (nSPS) is 13.4. The van der Waals surface area contributed by atoms with Gasteiger partial charge < -0.3 is 10.8 Å². The number of aliphatic hydroxyl groups excluding tert-OH is 1. The third-order valence-corrected chi connectivity index (χ3v) is 3.10. The van der Waals surface area contributed by atoms with Gasteiger partial charge in [0.1, 0.15) is 16.6 Å². The predicted octanol–water partition coefficient (Wildman–Crippen LogP) is 1.86. The smallest absolute Gasteiger partial charge is 0.395 e. The van der Waals surface area contributed by atoms with Gasteiger partial charge in [0, 0.05) is 10.8 Å². The number of nitrogen functional groups attached to an aromatic ring is 1. The fourth-order valence-electron chi connectivity index (χ4n) is 1.12. The number of halogens is 3. The first-order chi connectivity index (χ1) is 8.25. The lowest BCUT2D eigenvalue weighted by atomic mass is 10.2. The van der Waals surface area contributed by atoms with Crippen molar-refractivity contribution in [1.82, 2.24) is 4.98 Å². The molecule has 0 aliphatic heterocycles. The van der Waals surface area contributed by atoms with Crippen molar-refractivity contribution in [3.63, 3.8) is 0 Å². The Hall–Kier alpha value is -1.28. The number of amidine groups is 1. The number of alkyl halides is 3. The first kappa shape index (κ1) is 14.8. The molecule has 8 heteroatoms. The minimum atomic E-state index is -4.55. The Balaban J connectivity index is 3.20. The summed E-state index contributed by atoms with van der Waals surface area (Å²) in [6, 6.07) is 1.90. The zero-order valence-corrected chi connectivity index (χ0v) is 10.3. The third-order valence-electron chi connectivity index (χ3n) is 2.01. The maximum atomic E-state index is 12.5. The van der Waals surface area contributed by atoms with Crippen LogP contribution in [0.5, 0.6) is 0 Å². The van der Waals surface area contributed by atoms with E-state index in [1.807, 2.05) is 0 Å². The molecule has 4 nitrogen and oxygen atoms in total. The van der Waals surface area contributed by atoms with Gasteiger partial charge in [0.25, 0.3) is 0 Å². The van der Waals surface area contributed by atoms with Crippen LogP contribution in [0.1, 0.15) is 18.2 Å². The monoisotopic (exact) mass is 279 g/mol. The van der Waals surface area contributed by atoms with Crippen molar-refractivity contribution in [2.45, 2.75) is 23.4 Å². The molecule has 0 fully saturated rings. The second kappa shape index (κ2) is 5.57. The summed E-state index contributed by atoms with van der Waals surface area (Å²) in [7, 11) is 0. The average Bonchev–Trinajstić information content (AvgIpc) is 2.27. The van der Waals surface area contributed by atoms with E-state index in [-0.39, 0.29) is 28.3 Å². The van der Waals surface area contributed by atoms with Crippen LogP contribution >= 0.6 is 11.8 Å². The first-order valence-electron chi connectivity index (χ1n) is 4.96. The van der Waals surface area contributed by atoms with Gasteiger partial charge in [0.05, 0.1) is 6.61 Å². The maximum Gasteiger partial charge on any atom is 0.433 e. The highest BCUT2D eigenvalue weighted by Gasteiger charge is 2.33. The van der Waals surface area contributed by atoms with Gasteiger partial charge in [0.2, 0.25) is 0 Å². The molecule has 18 heavy (non-hydrogen) atoms. The van der Waals surface area contributed by atoms with Gasteiger partial charge in [-0.1, -0.05) is 6.92 Å². The molecule has 0 aliphatic carbocycles. The molecule has 0 radical (unpaired) electrons. The highest BCUT2D eigenvalue weighted by Crippen LogP contribution is 2.32. The lowest BCUT2D eigenvalue weighted by Crippen LogP contribution is -2.17. The molecule has 1 aromatic rings. The summed E-state index contributed by atoms with van der Waals surface area (Å²) in [6.45, 7) is 1.43. The zero-order chi connectivity index (χ0) is 13.9. The summed E-state index contributed by atoms with van der Waals surface area (Å²) < 4.78 is 37.5. The van der Waals surface area contributed by atoms with E-state index in [4.69, 9.17) is 16.2 Å². The summed E-state index contributed by atoms with van der Waals surface area (Å²) in [4.78, 5) is 3.46. The van der Waals surface area contributed by atoms with Crippen LogP contribution in [0.4, 0.5) is 13.2 Å². The molecule has 0 aliphatic rings. The molecule has 100 valence electrons. The van der Waals surface area contributed by atoms with Crippen molar-refractivity contribution >= 4 is 17.6 Å². The Morgan fingerprint density at radius 1 is 1.56 bits per heavy atom. The molecular weight excluding hydrogens is 267 g/mol. The van der Waals surface area contributed by atoms with E-state index >= 15 is 0 Å². The van der Waals surface area contributed by atoms with Crippen LogP contribution < -0.4 is 5.73 Å². The number of nitrogens with zero attached hydrogens (tertiary/aromatic N) is 1. The largest absolute Gasteiger partial charge is 0.433 e. The molecule has 4 N–H and O–H groups in total. The van der Waals surface area contributed by atoms with Crippen molar-refractivity contribution in [1.29, 1.82) is 5.41 Å². The Morgan fingerprint density at radius 3 is 2.61 bits per heavy atom. The Kier molecular flexibility index (Phi) is 4.58. The average molecular weight is 279 g/mol. The van der Waals surface area contributed by atoms with E-state index < -0.39 is 11.9 Å². The Morgan fingerprint density at radius 2 is 2.17 bits per heavy atom. The molecule has 0 spiro atoms. The van der Waals surface area contributed by atoms with Gasteiger partial charge in [-0.05, 0) is 12.1 Å². The first-order valence-corrected chi connectivity index (χ1v) is 5.83. The standard InChI is InChI=1S/C10H12F3N3OS/c1-5(4-17)18-9-6(8(14)15)2-3-7(16-9)10(11,12)13/h2-3,5,17H,4H2,1H3,(H3,14,15). The van der Waals surface area contributed by atoms with Crippen molar-refractivity contribution in [2.75, 3.05) is 6.61 Å². The molecule has 1 atom stereocenters. The highest BCUT2D eigenvalue weighted by molar-refractivity contribution is 7.99. The SMILES string of the molecule is CC(CO)Sc1nc(C(F)(F)F)ccc1C(=N)N. The Labute approximate surface area is 106 Å². The van der Waals surface area contributed by atoms with Gasteiger partial charge in [-0.3, -0.25) is 5.41 Å². The lowest BCUT2D eigenvalue weighted by molar-refractivity contribution is -0.141. The summed E-state index contributed by atoms with van der Waals surface area (Å²) in [6.07, 6.45) is -4.55. The number of nitrogens with two attached hydrogens (primary N) is 1. The number of thioether (sulfide) groups is 1. The Bertz CT molecular complexity index is 450. The van der Waals surface area contributed by atoms with Crippen LogP contribution in [-0.2, 0) is 6.18 Å². The molecule has 1 aromatic heterocycles. The van der Waals surface area contributed by atoms with Crippen molar-refractivity contribution in [3.8, 4) is 0 Å². The van der Waals surface area contributed by atoms with Gasteiger partial charge in [-0.2, -0.15) is 13.2 Å². The molecule has 0 aromatic carbocycles. The van der Waals surface area contributed by atoms with E-state index in [1.165, 1.54) is 0 Å². The van der Waals surface area contributed by atoms with E-state index in [1.54, 1.807) is 6.92 Å². The summed E-state index contributed by atoms with van der Waals surface area (Å²) >= 11 is 0.947. The van der Waals surface area contributed by atoms with Crippen LogP contribution in [0.15, 0.2) is 17.2 Å². The number of rotatable bonds is 4. The van der Waals surface area contributed by atoms with Crippen molar-refractivity contribution < 1.29 is 18.3 Å². The van der Waals surface area contributed by atoms with Gasteiger partial charge in [0.15, 0.2) is 0 Å². The fourth-order valence-corrected chi connectivity index (χ4v) is 2.03. The summed E-state index contributed by atoms with van der Waals surface area (Å²) in [5.74, 6) is -0.358. The molecule has 0 amide bonds.